The van der Waals surface area contributed by atoms with E-state index >= 15 is 0 Å². The SMILES string of the molecule is CCCCN(CC)c1ccc(C(N)=S)c(F)c1. The lowest BCUT2D eigenvalue weighted by atomic mass is 10.1. The number of anilines is 1. The van der Waals surface area contributed by atoms with E-state index in [9.17, 15) is 4.39 Å². The average Bonchev–Trinajstić information content (AvgIpc) is 2.29. The highest BCUT2D eigenvalue weighted by molar-refractivity contribution is 7.80. The minimum absolute atomic E-state index is 0.102. The number of unbranched alkanes of at least 4 members (excludes halogenated alkanes) is 1. The molecule has 2 N–H and O–H groups in total. The monoisotopic (exact) mass is 254 g/mol. The molecular formula is C13H19FN2S. The van der Waals surface area contributed by atoms with Gasteiger partial charge in [-0.2, -0.15) is 0 Å². The second-order valence-corrected chi connectivity index (χ2v) is 4.40. The van der Waals surface area contributed by atoms with Crippen LogP contribution in [0.5, 0.6) is 0 Å². The zero-order valence-corrected chi connectivity index (χ0v) is 11.2. The summed E-state index contributed by atoms with van der Waals surface area (Å²) in [5.74, 6) is -0.343. The predicted molar refractivity (Wildman–Crippen MR) is 75.1 cm³/mol. The lowest BCUT2D eigenvalue weighted by molar-refractivity contribution is 0.623. The Morgan fingerprint density at radius 2 is 2.12 bits per heavy atom. The third kappa shape index (κ3) is 3.66. The van der Waals surface area contributed by atoms with E-state index in [2.05, 4.69) is 18.7 Å². The molecule has 4 heteroatoms. The summed E-state index contributed by atoms with van der Waals surface area (Å²) in [5, 5.41) is 0. The molecule has 0 atom stereocenters. The topological polar surface area (TPSA) is 29.3 Å². The minimum atomic E-state index is -0.343. The Kier molecular flexibility index (Phi) is 5.35. The molecule has 0 spiro atoms. The van der Waals surface area contributed by atoms with Crippen LogP contribution >= 0.6 is 12.2 Å². The average molecular weight is 254 g/mol. The fourth-order valence-electron chi connectivity index (χ4n) is 1.72. The Morgan fingerprint density at radius 1 is 1.41 bits per heavy atom. The zero-order valence-electron chi connectivity index (χ0n) is 10.4. The quantitative estimate of drug-likeness (QED) is 0.791. The van der Waals surface area contributed by atoms with Crippen LogP contribution in [0.25, 0.3) is 0 Å². The number of halogens is 1. The highest BCUT2D eigenvalue weighted by Gasteiger charge is 2.09. The molecule has 0 amide bonds. The molecule has 1 rings (SSSR count). The second kappa shape index (κ2) is 6.55. The summed E-state index contributed by atoms with van der Waals surface area (Å²) in [6, 6.07) is 5.03. The lowest BCUT2D eigenvalue weighted by Gasteiger charge is -2.23. The zero-order chi connectivity index (χ0) is 12.8. The van der Waals surface area contributed by atoms with Crippen LogP contribution in [0.15, 0.2) is 18.2 Å². The van der Waals surface area contributed by atoms with Crippen molar-refractivity contribution in [3.63, 3.8) is 0 Å². The molecule has 0 saturated carbocycles. The Hall–Kier alpha value is -1.16. The van der Waals surface area contributed by atoms with Crippen LogP contribution in [0.1, 0.15) is 32.3 Å². The molecule has 0 heterocycles. The van der Waals surface area contributed by atoms with E-state index in [-0.39, 0.29) is 10.8 Å². The fourth-order valence-corrected chi connectivity index (χ4v) is 1.88. The summed E-state index contributed by atoms with van der Waals surface area (Å²) < 4.78 is 13.7. The van der Waals surface area contributed by atoms with E-state index < -0.39 is 0 Å². The highest BCUT2D eigenvalue weighted by Crippen LogP contribution is 2.19. The largest absolute Gasteiger partial charge is 0.389 e. The first-order valence-corrected chi connectivity index (χ1v) is 6.35. The van der Waals surface area contributed by atoms with Crippen molar-refractivity contribution in [1.29, 1.82) is 0 Å². The number of hydrogen-bond donors (Lipinski definition) is 1. The van der Waals surface area contributed by atoms with Crippen molar-refractivity contribution < 1.29 is 4.39 Å². The van der Waals surface area contributed by atoms with Crippen molar-refractivity contribution in [3.05, 3.63) is 29.6 Å². The van der Waals surface area contributed by atoms with Crippen LogP contribution in [-0.2, 0) is 0 Å². The first kappa shape index (κ1) is 13.9. The van der Waals surface area contributed by atoms with Crippen molar-refractivity contribution in [2.45, 2.75) is 26.7 Å². The number of benzene rings is 1. The fraction of sp³-hybridized carbons (Fsp3) is 0.462. The van der Waals surface area contributed by atoms with E-state index in [0.29, 0.717) is 5.56 Å². The molecule has 0 aliphatic carbocycles. The molecule has 94 valence electrons. The molecule has 1 aromatic carbocycles. The summed E-state index contributed by atoms with van der Waals surface area (Å²) in [5.41, 5.74) is 6.63. The Morgan fingerprint density at radius 3 is 2.59 bits per heavy atom. The number of rotatable bonds is 6. The van der Waals surface area contributed by atoms with E-state index in [1.165, 1.54) is 6.07 Å². The number of nitrogens with zero attached hydrogens (tertiary/aromatic N) is 1. The Balaban J connectivity index is 2.90. The Bertz CT molecular complexity index is 393. The molecule has 1 aromatic rings. The second-order valence-electron chi connectivity index (χ2n) is 3.96. The van der Waals surface area contributed by atoms with Gasteiger partial charge in [0.15, 0.2) is 0 Å². The smallest absolute Gasteiger partial charge is 0.135 e. The van der Waals surface area contributed by atoms with Gasteiger partial charge in [0, 0.05) is 24.3 Å². The number of thiocarbonyl (C=S) groups is 1. The molecule has 0 aliphatic heterocycles. The van der Waals surface area contributed by atoms with Crippen LogP contribution in [0.2, 0.25) is 0 Å². The maximum Gasteiger partial charge on any atom is 0.135 e. The summed E-state index contributed by atoms with van der Waals surface area (Å²) in [7, 11) is 0. The van der Waals surface area contributed by atoms with Gasteiger partial charge in [0.25, 0.3) is 0 Å². The van der Waals surface area contributed by atoms with Gasteiger partial charge in [0.2, 0.25) is 0 Å². The maximum absolute atomic E-state index is 13.7. The third-order valence-corrected chi connectivity index (χ3v) is 2.97. The standard InChI is InChI=1S/C13H19FN2S/c1-3-5-8-16(4-2)10-6-7-11(13(15)17)12(14)9-10/h6-7,9H,3-5,8H2,1-2H3,(H2,15,17). The summed E-state index contributed by atoms with van der Waals surface area (Å²) in [6.45, 7) is 6.02. The predicted octanol–water partition coefficient (Wildman–Crippen LogP) is 3.09. The number of hydrogen-bond acceptors (Lipinski definition) is 2. The van der Waals surface area contributed by atoms with Crippen molar-refractivity contribution in [2.24, 2.45) is 5.73 Å². The van der Waals surface area contributed by atoms with Crippen LogP contribution in [-0.4, -0.2) is 18.1 Å². The van der Waals surface area contributed by atoms with Crippen LogP contribution in [0.4, 0.5) is 10.1 Å². The summed E-state index contributed by atoms with van der Waals surface area (Å²) in [4.78, 5) is 2.25. The molecular weight excluding hydrogens is 235 g/mol. The molecule has 0 bridgehead atoms. The molecule has 0 saturated heterocycles. The molecule has 0 fully saturated rings. The lowest BCUT2D eigenvalue weighted by Crippen LogP contribution is -2.24. The van der Waals surface area contributed by atoms with Crippen molar-refractivity contribution >= 4 is 22.9 Å². The van der Waals surface area contributed by atoms with Gasteiger partial charge in [0.1, 0.15) is 10.8 Å². The Labute approximate surface area is 108 Å². The van der Waals surface area contributed by atoms with E-state index in [1.54, 1.807) is 6.07 Å². The van der Waals surface area contributed by atoms with Crippen LogP contribution in [0, 0.1) is 5.82 Å². The van der Waals surface area contributed by atoms with Gasteiger partial charge in [0.05, 0.1) is 0 Å². The van der Waals surface area contributed by atoms with Gasteiger partial charge in [-0.25, -0.2) is 4.39 Å². The molecule has 2 nitrogen and oxygen atoms in total. The van der Waals surface area contributed by atoms with Gasteiger partial charge in [-0.3, -0.25) is 0 Å². The van der Waals surface area contributed by atoms with E-state index in [4.69, 9.17) is 18.0 Å². The van der Waals surface area contributed by atoms with Gasteiger partial charge < -0.3 is 10.6 Å². The molecule has 0 aliphatic rings. The normalized spacial score (nSPS) is 10.3. The first-order chi connectivity index (χ1) is 8.10. The minimum Gasteiger partial charge on any atom is -0.389 e. The highest BCUT2D eigenvalue weighted by atomic mass is 32.1. The summed E-state index contributed by atoms with van der Waals surface area (Å²) >= 11 is 4.78. The number of nitrogens with two attached hydrogens (primary N) is 1. The van der Waals surface area contributed by atoms with Crippen LogP contribution < -0.4 is 10.6 Å². The molecule has 0 radical (unpaired) electrons. The first-order valence-electron chi connectivity index (χ1n) is 5.94. The van der Waals surface area contributed by atoms with E-state index in [0.717, 1.165) is 31.6 Å². The van der Waals surface area contributed by atoms with Crippen molar-refractivity contribution in [1.82, 2.24) is 0 Å². The van der Waals surface area contributed by atoms with Gasteiger partial charge >= 0.3 is 0 Å². The maximum atomic E-state index is 13.7. The molecule has 0 aromatic heterocycles. The van der Waals surface area contributed by atoms with Gasteiger partial charge in [-0.05, 0) is 31.5 Å². The van der Waals surface area contributed by atoms with E-state index in [1.807, 2.05) is 6.07 Å². The summed E-state index contributed by atoms with van der Waals surface area (Å²) in [6.07, 6.45) is 2.23. The van der Waals surface area contributed by atoms with Gasteiger partial charge in [-0.1, -0.05) is 25.6 Å². The molecule has 0 unspecified atom stereocenters. The van der Waals surface area contributed by atoms with Crippen molar-refractivity contribution in [2.75, 3.05) is 18.0 Å². The molecule has 17 heavy (non-hydrogen) atoms. The third-order valence-electron chi connectivity index (χ3n) is 2.75. The van der Waals surface area contributed by atoms with Crippen molar-refractivity contribution in [3.8, 4) is 0 Å². The van der Waals surface area contributed by atoms with Crippen LogP contribution in [0.3, 0.4) is 0 Å². The van der Waals surface area contributed by atoms with Gasteiger partial charge in [-0.15, -0.1) is 0 Å².